The monoisotopic (exact) mass is 155 g/mol. The Morgan fingerprint density at radius 3 is 2.18 bits per heavy atom. The van der Waals surface area contributed by atoms with E-state index in [1.807, 2.05) is 20.8 Å². The Bertz CT molecular complexity index is 169. The smallest absolute Gasteiger partial charge is 0.223 e. The Labute approximate surface area is 68.4 Å². The lowest BCUT2D eigenvalue weighted by Gasteiger charge is -2.20. The first kappa shape index (κ1) is 8.57. The summed E-state index contributed by atoms with van der Waals surface area (Å²) >= 11 is 0. The number of nitrogens with one attached hydrogen (secondary N) is 1. The number of hydrogen-bond acceptors (Lipinski definition) is 1. The number of rotatable bonds is 1. The summed E-state index contributed by atoms with van der Waals surface area (Å²) in [6.07, 6.45) is 1.07. The van der Waals surface area contributed by atoms with Crippen molar-refractivity contribution >= 4 is 5.91 Å². The van der Waals surface area contributed by atoms with Crippen LogP contribution in [0.15, 0.2) is 0 Å². The molecule has 2 nitrogen and oxygen atoms in total. The highest BCUT2D eigenvalue weighted by atomic mass is 16.2. The maximum atomic E-state index is 11.3. The van der Waals surface area contributed by atoms with Crippen molar-refractivity contribution in [1.29, 1.82) is 0 Å². The van der Waals surface area contributed by atoms with Crippen molar-refractivity contribution in [2.75, 3.05) is 0 Å². The molecule has 1 aliphatic rings. The third-order valence-electron chi connectivity index (χ3n) is 1.94. The third kappa shape index (κ3) is 2.52. The van der Waals surface area contributed by atoms with Crippen LogP contribution in [0.1, 0.15) is 34.1 Å². The van der Waals surface area contributed by atoms with Crippen LogP contribution in [0, 0.1) is 11.8 Å². The van der Waals surface area contributed by atoms with E-state index in [2.05, 4.69) is 12.2 Å². The minimum atomic E-state index is -0.0700. The quantitative estimate of drug-likeness (QED) is 0.611. The van der Waals surface area contributed by atoms with Gasteiger partial charge in [0.05, 0.1) is 0 Å². The van der Waals surface area contributed by atoms with Crippen LogP contribution in [0.25, 0.3) is 0 Å². The van der Waals surface area contributed by atoms with E-state index in [1.165, 1.54) is 0 Å². The topological polar surface area (TPSA) is 29.1 Å². The van der Waals surface area contributed by atoms with Gasteiger partial charge >= 0.3 is 0 Å². The van der Waals surface area contributed by atoms with E-state index < -0.39 is 0 Å². The van der Waals surface area contributed by atoms with Crippen LogP contribution in [0.5, 0.6) is 0 Å². The highest BCUT2D eigenvalue weighted by molar-refractivity contribution is 5.81. The minimum absolute atomic E-state index is 0.0700. The highest BCUT2D eigenvalue weighted by Crippen LogP contribution is 2.37. The summed E-state index contributed by atoms with van der Waals surface area (Å²) in [5, 5.41) is 2.97. The molecule has 0 unspecified atom stereocenters. The summed E-state index contributed by atoms with van der Waals surface area (Å²) < 4.78 is 0. The molecule has 0 aromatic rings. The first-order chi connectivity index (χ1) is 4.90. The molecule has 1 rings (SSSR count). The van der Waals surface area contributed by atoms with Crippen LogP contribution >= 0.6 is 0 Å². The SMILES string of the molecule is C[C@H]1C[C@@H]1C(=O)NC(C)(C)C. The molecule has 0 heterocycles. The summed E-state index contributed by atoms with van der Waals surface area (Å²) in [5.41, 5.74) is -0.0700. The molecule has 1 amide bonds. The van der Waals surface area contributed by atoms with Crippen molar-refractivity contribution < 1.29 is 4.79 Å². The minimum Gasteiger partial charge on any atom is -0.351 e. The number of hydrogen-bond donors (Lipinski definition) is 1. The van der Waals surface area contributed by atoms with Crippen molar-refractivity contribution in [3.05, 3.63) is 0 Å². The lowest BCUT2D eigenvalue weighted by molar-refractivity contribution is -0.124. The summed E-state index contributed by atoms with van der Waals surface area (Å²) in [4.78, 5) is 11.3. The summed E-state index contributed by atoms with van der Waals surface area (Å²) in [6.45, 7) is 8.15. The molecule has 64 valence electrons. The molecule has 0 aromatic heterocycles. The average Bonchev–Trinajstić information content (AvgIpc) is 2.41. The summed E-state index contributed by atoms with van der Waals surface area (Å²) in [7, 11) is 0. The van der Waals surface area contributed by atoms with Gasteiger partial charge in [0.2, 0.25) is 5.91 Å². The number of amides is 1. The van der Waals surface area contributed by atoms with Crippen LogP contribution in [-0.4, -0.2) is 11.4 Å². The van der Waals surface area contributed by atoms with Gasteiger partial charge in [-0.1, -0.05) is 6.92 Å². The normalized spacial score (nSPS) is 29.8. The Morgan fingerprint density at radius 2 is 1.91 bits per heavy atom. The van der Waals surface area contributed by atoms with Gasteiger partial charge in [0, 0.05) is 11.5 Å². The zero-order valence-corrected chi connectivity index (χ0v) is 7.77. The maximum Gasteiger partial charge on any atom is 0.223 e. The van der Waals surface area contributed by atoms with E-state index in [0.29, 0.717) is 11.8 Å². The summed E-state index contributed by atoms with van der Waals surface area (Å²) in [5.74, 6) is 1.14. The molecule has 0 saturated heterocycles. The van der Waals surface area contributed by atoms with Crippen molar-refractivity contribution in [1.82, 2.24) is 5.32 Å². The fourth-order valence-corrected chi connectivity index (χ4v) is 1.15. The van der Waals surface area contributed by atoms with Crippen LogP contribution < -0.4 is 5.32 Å². The standard InChI is InChI=1S/C9H17NO/c1-6-5-7(6)8(11)10-9(2,3)4/h6-7H,5H2,1-4H3,(H,10,11)/t6-,7-/m0/s1. The van der Waals surface area contributed by atoms with Gasteiger partial charge in [-0.3, -0.25) is 4.79 Å². The van der Waals surface area contributed by atoms with E-state index in [0.717, 1.165) is 6.42 Å². The second kappa shape index (κ2) is 2.50. The van der Waals surface area contributed by atoms with Crippen LogP contribution in [0.4, 0.5) is 0 Å². The molecule has 0 radical (unpaired) electrons. The van der Waals surface area contributed by atoms with E-state index in [1.54, 1.807) is 0 Å². The third-order valence-corrected chi connectivity index (χ3v) is 1.94. The fraction of sp³-hybridized carbons (Fsp3) is 0.889. The molecule has 0 aromatic carbocycles. The second-order valence-electron chi connectivity index (χ2n) is 4.56. The molecular weight excluding hydrogens is 138 g/mol. The Hall–Kier alpha value is -0.530. The fourth-order valence-electron chi connectivity index (χ4n) is 1.15. The van der Waals surface area contributed by atoms with E-state index >= 15 is 0 Å². The molecule has 0 bridgehead atoms. The predicted octanol–water partition coefficient (Wildman–Crippen LogP) is 1.56. The van der Waals surface area contributed by atoms with Gasteiger partial charge in [-0.25, -0.2) is 0 Å². The van der Waals surface area contributed by atoms with E-state index in [-0.39, 0.29) is 11.4 Å². The van der Waals surface area contributed by atoms with Gasteiger partial charge < -0.3 is 5.32 Å². The van der Waals surface area contributed by atoms with Crippen LogP contribution in [0.2, 0.25) is 0 Å². The maximum absolute atomic E-state index is 11.3. The van der Waals surface area contributed by atoms with Crippen LogP contribution in [0.3, 0.4) is 0 Å². The zero-order chi connectivity index (χ0) is 8.65. The molecule has 1 saturated carbocycles. The van der Waals surface area contributed by atoms with Crippen molar-refractivity contribution in [3.8, 4) is 0 Å². The molecule has 0 aliphatic heterocycles. The van der Waals surface area contributed by atoms with Gasteiger partial charge in [-0.05, 0) is 33.1 Å². The van der Waals surface area contributed by atoms with E-state index in [9.17, 15) is 4.79 Å². The number of carbonyl (C=O) groups excluding carboxylic acids is 1. The zero-order valence-electron chi connectivity index (χ0n) is 7.77. The van der Waals surface area contributed by atoms with Gasteiger partial charge in [-0.2, -0.15) is 0 Å². The molecular formula is C9H17NO. The van der Waals surface area contributed by atoms with Gasteiger partial charge in [0.15, 0.2) is 0 Å². The van der Waals surface area contributed by atoms with Gasteiger partial charge in [0.1, 0.15) is 0 Å². The lowest BCUT2D eigenvalue weighted by atomic mass is 10.1. The molecule has 1 fully saturated rings. The van der Waals surface area contributed by atoms with Gasteiger partial charge in [0.25, 0.3) is 0 Å². The molecule has 11 heavy (non-hydrogen) atoms. The first-order valence-electron chi connectivity index (χ1n) is 4.22. The average molecular weight is 155 g/mol. The van der Waals surface area contributed by atoms with Crippen molar-refractivity contribution in [3.63, 3.8) is 0 Å². The van der Waals surface area contributed by atoms with Gasteiger partial charge in [-0.15, -0.1) is 0 Å². The molecule has 1 aliphatic carbocycles. The molecule has 2 heteroatoms. The lowest BCUT2D eigenvalue weighted by Crippen LogP contribution is -2.41. The van der Waals surface area contributed by atoms with Crippen molar-refractivity contribution in [2.24, 2.45) is 11.8 Å². The Balaban J connectivity index is 2.33. The summed E-state index contributed by atoms with van der Waals surface area (Å²) in [6, 6.07) is 0. The van der Waals surface area contributed by atoms with E-state index in [4.69, 9.17) is 0 Å². The Morgan fingerprint density at radius 1 is 1.45 bits per heavy atom. The highest BCUT2D eigenvalue weighted by Gasteiger charge is 2.39. The molecule has 2 atom stereocenters. The first-order valence-corrected chi connectivity index (χ1v) is 4.22. The second-order valence-corrected chi connectivity index (χ2v) is 4.56. The van der Waals surface area contributed by atoms with Crippen LogP contribution in [-0.2, 0) is 4.79 Å². The molecule has 1 N–H and O–H groups in total. The molecule has 0 spiro atoms. The van der Waals surface area contributed by atoms with Crippen molar-refractivity contribution in [2.45, 2.75) is 39.7 Å². The predicted molar refractivity (Wildman–Crippen MR) is 45.2 cm³/mol. The number of carbonyl (C=O) groups is 1. The Kier molecular flexibility index (Phi) is 1.95. The largest absolute Gasteiger partial charge is 0.351 e.